The molecule has 6 heteroatoms. The molecule has 2 rings (SSSR count). The zero-order valence-electron chi connectivity index (χ0n) is 11.9. The number of methoxy groups -OCH3 is 1. The third kappa shape index (κ3) is 3.43. The van der Waals surface area contributed by atoms with Gasteiger partial charge in [-0.25, -0.2) is 14.2 Å². The maximum Gasteiger partial charge on any atom is 0.357 e. The van der Waals surface area contributed by atoms with Crippen LogP contribution in [0.25, 0.3) is 6.08 Å². The molecule has 1 N–H and O–H groups in total. The standard InChI is InChI=1S/C16H14ClFN2O2/c1-3-11-13(8-14(17)20-15(11)16(21)22-2)19-9-10-6-4-5-7-12(10)18/h3-8H,1,9H2,2H3,(H,19,20). The fraction of sp³-hybridized carbons (Fsp3) is 0.125. The molecule has 114 valence electrons. The van der Waals surface area contributed by atoms with E-state index in [0.717, 1.165) is 0 Å². The van der Waals surface area contributed by atoms with Gasteiger partial charge in [-0.1, -0.05) is 42.5 Å². The number of hydrogen-bond donors (Lipinski definition) is 1. The van der Waals surface area contributed by atoms with Crippen LogP contribution in [0.5, 0.6) is 0 Å². The summed E-state index contributed by atoms with van der Waals surface area (Å²) in [5.74, 6) is -0.935. The quantitative estimate of drug-likeness (QED) is 0.670. The second-order valence-corrected chi connectivity index (χ2v) is 4.78. The molecule has 0 unspecified atom stereocenters. The molecule has 1 aromatic carbocycles. The Balaban J connectivity index is 2.34. The predicted molar refractivity (Wildman–Crippen MR) is 84.4 cm³/mol. The summed E-state index contributed by atoms with van der Waals surface area (Å²) in [4.78, 5) is 15.7. The maximum atomic E-state index is 13.6. The van der Waals surface area contributed by atoms with Crippen molar-refractivity contribution < 1.29 is 13.9 Å². The molecule has 0 aliphatic carbocycles. The van der Waals surface area contributed by atoms with Gasteiger partial charge in [-0.15, -0.1) is 0 Å². The molecule has 0 saturated heterocycles. The minimum Gasteiger partial charge on any atom is -0.464 e. The van der Waals surface area contributed by atoms with E-state index in [4.69, 9.17) is 11.6 Å². The van der Waals surface area contributed by atoms with Gasteiger partial charge in [0.2, 0.25) is 0 Å². The summed E-state index contributed by atoms with van der Waals surface area (Å²) in [5.41, 5.74) is 1.53. The van der Waals surface area contributed by atoms with Crippen LogP contribution in [-0.2, 0) is 11.3 Å². The topological polar surface area (TPSA) is 51.2 Å². The number of benzene rings is 1. The molecule has 0 fully saturated rings. The first-order valence-electron chi connectivity index (χ1n) is 6.45. The Labute approximate surface area is 132 Å². The van der Waals surface area contributed by atoms with Gasteiger partial charge in [0, 0.05) is 23.4 Å². The fourth-order valence-corrected chi connectivity index (χ4v) is 2.15. The van der Waals surface area contributed by atoms with E-state index in [1.807, 2.05) is 0 Å². The average molecular weight is 321 g/mol. The molecule has 22 heavy (non-hydrogen) atoms. The van der Waals surface area contributed by atoms with Crippen molar-refractivity contribution in [3.63, 3.8) is 0 Å². The van der Waals surface area contributed by atoms with Gasteiger partial charge < -0.3 is 10.1 Å². The Morgan fingerprint density at radius 3 is 2.86 bits per heavy atom. The summed E-state index contributed by atoms with van der Waals surface area (Å²) in [6, 6.07) is 7.96. The van der Waals surface area contributed by atoms with Crippen LogP contribution in [0.4, 0.5) is 10.1 Å². The summed E-state index contributed by atoms with van der Waals surface area (Å²) in [6.45, 7) is 3.90. The van der Waals surface area contributed by atoms with Crippen LogP contribution in [0.1, 0.15) is 21.6 Å². The van der Waals surface area contributed by atoms with Crippen molar-refractivity contribution in [2.24, 2.45) is 0 Å². The van der Waals surface area contributed by atoms with Gasteiger partial charge in [-0.3, -0.25) is 0 Å². The third-order valence-electron chi connectivity index (χ3n) is 3.04. The van der Waals surface area contributed by atoms with Crippen LogP contribution >= 0.6 is 11.6 Å². The Bertz CT molecular complexity index is 719. The first-order valence-corrected chi connectivity index (χ1v) is 6.83. The molecule has 0 saturated carbocycles. The minimum absolute atomic E-state index is 0.0565. The highest BCUT2D eigenvalue weighted by Gasteiger charge is 2.17. The molecular weight excluding hydrogens is 307 g/mol. The lowest BCUT2D eigenvalue weighted by molar-refractivity contribution is 0.0594. The normalized spacial score (nSPS) is 10.1. The number of carbonyl (C=O) groups is 1. The smallest absolute Gasteiger partial charge is 0.357 e. The second kappa shape index (κ2) is 7.04. The average Bonchev–Trinajstić information content (AvgIpc) is 2.52. The van der Waals surface area contributed by atoms with Crippen LogP contribution in [-0.4, -0.2) is 18.1 Å². The SMILES string of the molecule is C=Cc1c(NCc2ccccc2F)cc(Cl)nc1C(=O)OC. The molecule has 0 bridgehead atoms. The molecule has 0 aliphatic rings. The van der Waals surface area contributed by atoms with E-state index >= 15 is 0 Å². The Morgan fingerprint density at radius 2 is 2.23 bits per heavy atom. The summed E-state index contributed by atoms with van der Waals surface area (Å²) in [7, 11) is 1.25. The van der Waals surface area contributed by atoms with Crippen molar-refractivity contribution >= 4 is 29.3 Å². The molecule has 1 aromatic heterocycles. The molecule has 2 aromatic rings. The number of anilines is 1. The summed E-state index contributed by atoms with van der Waals surface area (Å²) in [6.07, 6.45) is 1.47. The van der Waals surface area contributed by atoms with Gasteiger partial charge in [0.1, 0.15) is 11.0 Å². The third-order valence-corrected chi connectivity index (χ3v) is 3.23. The zero-order valence-corrected chi connectivity index (χ0v) is 12.7. The summed E-state index contributed by atoms with van der Waals surface area (Å²) in [5, 5.41) is 3.16. The first kappa shape index (κ1) is 16.0. The van der Waals surface area contributed by atoms with Gasteiger partial charge >= 0.3 is 5.97 Å². The number of halogens is 2. The molecule has 0 aliphatic heterocycles. The Kier molecular flexibility index (Phi) is 5.12. The van der Waals surface area contributed by atoms with Gasteiger partial charge in [0.05, 0.1) is 7.11 Å². The minimum atomic E-state index is -0.619. The van der Waals surface area contributed by atoms with Crippen molar-refractivity contribution in [3.8, 4) is 0 Å². The van der Waals surface area contributed by atoms with Crippen molar-refractivity contribution in [2.45, 2.75) is 6.54 Å². The molecule has 1 heterocycles. The monoisotopic (exact) mass is 320 g/mol. The largest absolute Gasteiger partial charge is 0.464 e. The van der Waals surface area contributed by atoms with E-state index in [1.54, 1.807) is 24.3 Å². The number of aromatic nitrogens is 1. The number of hydrogen-bond acceptors (Lipinski definition) is 4. The van der Waals surface area contributed by atoms with Crippen LogP contribution in [0.15, 0.2) is 36.9 Å². The number of rotatable bonds is 5. The number of pyridine rings is 1. The summed E-state index contributed by atoms with van der Waals surface area (Å²) >= 11 is 5.93. The van der Waals surface area contributed by atoms with Crippen LogP contribution in [0.2, 0.25) is 5.15 Å². The van der Waals surface area contributed by atoms with Gasteiger partial charge in [0.25, 0.3) is 0 Å². The van der Waals surface area contributed by atoms with E-state index in [0.29, 0.717) is 16.8 Å². The molecule has 0 spiro atoms. The Morgan fingerprint density at radius 1 is 1.50 bits per heavy atom. The lowest BCUT2D eigenvalue weighted by atomic mass is 10.1. The zero-order chi connectivity index (χ0) is 16.1. The predicted octanol–water partition coefficient (Wildman–Crippen LogP) is 3.92. The molecule has 0 amide bonds. The maximum absolute atomic E-state index is 13.6. The van der Waals surface area contributed by atoms with Crippen LogP contribution < -0.4 is 5.32 Å². The van der Waals surface area contributed by atoms with Crippen molar-refractivity contribution in [1.29, 1.82) is 0 Å². The number of ether oxygens (including phenoxy) is 1. The lowest BCUT2D eigenvalue weighted by Gasteiger charge is -2.13. The highest BCUT2D eigenvalue weighted by Crippen LogP contribution is 2.25. The number of nitrogens with zero attached hydrogens (tertiary/aromatic N) is 1. The summed E-state index contributed by atoms with van der Waals surface area (Å²) < 4.78 is 18.3. The van der Waals surface area contributed by atoms with Gasteiger partial charge in [-0.2, -0.15) is 0 Å². The van der Waals surface area contributed by atoms with E-state index in [9.17, 15) is 9.18 Å². The number of nitrogens with one attached hydrogen (secondary N) is 1. The van der Waals surface area contributed by atoms with Crippen molar-refractivity contribution in [2.75, 3.05) is 12.4 Å². The van der Waals surface area contributed by atoms with Crippen LogP contribution in [0, 0.1) is 5.82 Å². The van der Waals surface area contributed by atoms with E-state index in [2.05, 4.69) is 21.6 Å². The molecule has 0 atom stereocenters. The Hall–Kier alpha value is -2.40. The van der Waals surface area contributed by atoms with E-state index < -0.39 is 5.97 Å². The molecule has 0 radical (unpaired) electrons. The number of esters is 1. The second-order valence-electron chi connectivity index (χ2n) is 4.40. The highest BCUT2D eigenvalue weighted by atomic mass is 35.5. The van der Waals surface area contributed by atoms with Gasteiger partial charge in [0.15, 0.2) is 5.69 Å². The van der Waals surface area contributed by atoms with Gasteiger partial charge in [-0.05, 0) is 12.1 Å². The lowest BCUT2D eigenvalue weighted by Crippen LogP contribution is -2.11. The highest BCUT2D eigenvalue weighted by molar-refractivity contribution is 6.30. The molecule has 4 nitrogen and oxygen atoms in total. The van der Waals surface area contributed by atoms with Crippen LogP contribution in [0.3, 0.4) is 0 Å². The van der Waals surface area contributed by atoms with E-state index in [1.165, 1.54) is 19.3 Å². The first-order chi connectivity index (χ1) is 10.6. The van der Waals surface area contributed by atoms with E-state index in [-0.39, 0.29) is 23.2 Å². The molecular formula is C16H14ClFN2O2. The van der Waals surface area contributed by atoms with Crippen molar-refractivity contribution in [1.82, 2.24) is 4.98 Å². The fourth-order valence-electron chi connectivity index (χ4n) is 1.96. The number of carbonyl (C=O) groups excluding carboxylic acids is 1. The van der Waals surface area contributed by atoms with Crippen molar-refractivity contribution in [3.05, 3.63) is 64.7 Å².